The van der Waals surface area contributed by atoms with Crippen molar-refractivity contribution >= 4 is 5.91 Å². The Balaban J connectivity index is 1.69. The first-order chi connectivity index (χ1) is 8.25. The summed E-state index contributed by atoms with van der Waals surface area (Å²) in [5, 5.41) is 6.71. The van der Waals surface area contributed by atoms with E-state index in [0.29, 0.717) is 24.8 Å². The topological polar surface area (TPSA) is 71.3 Å². The molecule has 0 saturated carbocycles. The van der Waals surface area contributed by atoms with Gasteiger partial charge in [-0.2, -0.15) is 4.98 Å². The van der Waals surface area contributed by atoms with Crippen LogP contribution in [0.4, 0.5) is 0 Å². The number of likely N-dealkylation sites (tertiary alicyclic amines) is 1. The summed E-state index contributed by atoms with van der Waals surface area (Å²) in [5.41, 5.74) is 0. The molecule has 1 aromatic rings. The largest absolute Gasteiger partial charge is 0.342 e. The van der Waals surface area contributed by atoms with E-state index >= 15 is 0 Å². The van der Waals surface area contributed by atoms with Gasteiger partial charge in [0.15, 0.2) is 5.82 Å². The van der Waals surface area contributed by atoms with Gasteiger partial charge in [-0.05, 0) is 26.2 Å². The van der Waals surface area contributed by atoms with E-state index in [1.807, 2.05) is 4.90 Å². The fourth-order valence-corrected chi connectivity index (χ4v) is 1.94. The quantitative estimate of drug-likeness (QED) is 0.826. The maximum atomic E-state index is 11.8. The molecule has 94 valence electrons. The van der Waals surface area contributed by atoms with Gasteiger partial charge in [0.1, 0.15) is 0 Å². The van der Waals surface area contributed by atoms with Crippen molar-refractivity contribution in [1.82, 2.24) is 20.4 Å². The molecule has 0 aliphatic carbocycles. The molecular weight excluding hydrogens is 220 g/mol. The molecule has 2 heterocycles. The third kappa shape index (κ3) is 3.52. The van der Waals surface area contributed by atoms with Crippen LogP contribution in [-0.2, 0) is 11.3 Å². The van der Waals surface area contributed by atoms with Gasteiger partial charge in [-0.1, -0.05) is 5.16 Å². The number of piperidine rings is 1. The summed E-state index contributed by atoms with van der Waals surface area (Å²) in [7, 11) is 0. The van der Waals surface area contributed by atoms with Crippen molar-refractivity contribution in [3.8, 4) is 0 Å². The van der Waals surface area contributed by atoms with E-state index in [2.05, 4.69) is 15.5 Å². The van der Waals surface area contributed by atoms with Gasteiger partial charge in [0.2, 0.25) is 11.8 Å². The summed E-state index contributed by atoms with van der Waals surface area (Å²) in [6.45, 7) is 4.33. The lowest BCUT2D eigenvalue weighted by Gasteiger charge is -2.26. The van der Waals surface area contributed by atoms with Crippen molar-refractivity contribution in [2.75, 3.05) is 19.6 Å². The molecule has 0 spiro atoms. The number of aryl methyl sites for hydroxylation is 1. The van der Waals surface area contributed by atoms with Crippen LogP contribution in [0, 0.1) is 6.92 Å². The van der Waals surface area contributed by atoms with Crippen LogP contribution in [-0.4, -0.2) is 40.6 Å². The predicted octanol–water partition coefficient (Wildman–Crippen LogP) is 0.480. The molecule has 1 N–H and O–H groups in total. The highest BCUT2D eigenvalue weighted by Crippen LogP contribution is 2.08. The Bertz CT molecular complexity index is 371. The van der Waals surface area contributed by atoms with Crippen molar-refractivity contribution in [1.29, 1.82) is 0 Å². The number of amides is 1. The molecule has 0 atom stereocenters. The van der Waals surface area contributed by atoms with Gasteiger partial charge < -0.3 is 9.42 Å². The van der Waals surface area contributed by atoms with Crippen LogP contribution >= 0.6 is 0 Å². The Labute approximate surface area is 100 Å². The minimum atomic E-state index is 0.154. The highest BCUT2D eigenvalue weighted by molar-refractivity contribution is 5.78. The van der Waals surface area contributed by atoms with E-state index in [1.54, 1.807) is 6.92 Å². The molecule has 1 aromatic heterocycles. The summed E-state index contributed by atoms with van der Waals surface area (Å²) < 4.78 is 4.94. The average Bonchev–Trinajstić information content (AvgIpc) is 2.76. The Morgan fingerprint density at radius 3 is 2.82 bits per heavy atom. The number of nitrogens with zero attached hydrogens (tertiary/aromatic N) is 3. The minimum absolute atomic E-state index is 0.154. The summed E-state index contributed by atoms with van der Waals surface area (Å²) in [5.74, 6) is 1.29. The summed E-state index contributed by atoms with van der Waals surface area (Å²) in [4.78, 5) is 17.8. The van der Waals surface area contributed by atoms with Crippen LogP contribution < -0.4 is 5.32 Å². The highest BCUT2D eigenvalue weighted by Gasteiger charge is 2.15. The molecule has 0 unspecified atom stereocenters. The Hall–Kier alpha value is -1.43. The normalized spacial score (nSPS) is 16.2. The van der Waals surface area contributed by atoms with Crippen LogP contribution in [0.2, 0.25) is 0 Å². The zero-order valence-corrected chi connectivity index (χ0v) is 10.1. The van der Waals surface area contributed by atoms with E-state index in [1.165, 1.54) is 6.42 Å². The van der Waals surface area contributed by atoms with Gasteiger partial charge in [0, 0.05) is 13.1 Å². The molecule has 0 bridgehead atoms. The maximum Gasteiger partial charge on any atom is 0.240 e. The number of hydrogen-bond donors (Lipinski definition) is 1. The first-order valence-electron chi connectivity index (χ1n) is 6.03. The second kappa shape index (κ2) is 5.77. The fourth-order valence-electron chi connectivity index (χ4n) is 1.94. The molecule has 1 fully saturated rings. The Kier molecular flexibility index (Phi) is 4.08. The van der Waals surface area contributed by atoms with Crippen LogP contribution in [0.15, 0.2) is 4.52 Å². The van der Waals surface area contributed by atoms with Crippen LogP contribution in [0.3, 0.4) is 0 Å². The molecule has 1 aliphatic rings. The predicted molar refractivity (Wildman–Crippen MR) is 61.2 cm³/mol. The van der Waals surface area contributed by atoms with Crippen molar-refractivity contribution in [3.63, 3.8) is 0 Å². The second-order valence-corrected chi connectivity index (χ2v) is 4.28. The molecule has 2 rings (SSSR count). The minimum Gasteiger partial charge on any atom is -0.342 e. The van der Waals surface area contributed by atoms with Gasteiger partial charge in [-0.3, -0.25) is 10.1 Å². The van der Waals surface area contributed by atoms with Gasteiger partial charge in [-0.15, -0.1) is 0 Å². The molecule has 1 saturated heterocycles. The number of rotatable bonds is 4. The van der Waals surface area contributed by atoms with E-state index in [9.17, 15) is 4.79 Å². The average molecular weight is 238 g/mol. The zero-order valence-electron chi connectivity index (χ0n) is 10.1. The van der Waals surface area contributed by atoms with Gasteiger partial charge in [0.25, 0.3) is 0 Å². The molecule has 1 amide bonds. The van der Waals surface area contributed by atoms with Crippen molar-refractivity contribution in [2.45, 2.75) is 32.7 Å². The zero-order chi connectivity index (χ0) is 12.1. The van der Waals surface area contributed by atoms with Gasteiger partial charge in [0.05, 0.1) is 13.1 Å². The lowest BCUT2D eigenvalue weighted by molar-refractivity contribution is -0.131. The lowest BCUT2D eigenvalue weighted by Crippen LogP contribution is -2.41. The van der Waals surface area contributed by atoms with Gasteiger partial charge >= 0.3 is 0 Å². The summed E-state index contributed by atoms with van der Waals surface area (Å²) >= 11 is 0. The van der Waals surface area contributed by atoms with Crippen LogP contribution in [0.1, 0.15) is 31.0 Å². The molecule has 6 heteroatoms. The lowest BCUT2D eigenvalue weighted by atomic mass is 10.1. The molecular formula is C11H18N4O2. The number of hydrogen-bond acceptors (Lipinski definition) is 5. The molecule has 6 nitrogen and oxygen atoms in total. The van der Waals surface area contributed by atoms with Crippen molar-refractivity contribution in [2.24, 2.45) is 0 Å². The molecule has 0 aromatic carbocycles. The van der Waals surface area contributed by atoms with Crippen LogP contribution in [0.5, 0.6) is 0 Å². The number of nitrogens with one attached hydrogen (secondary N) is 1. The third-order valence-corrected chi connectivity index (χ3v) is 2.83. The summed E-state index contributed by atoms with van der Waals surface area (Å²) in [6, 6.07) is 0. The first kappa shape index (κ1) is 12.0. The van der Waals surface area contributed by atoms with E-state index in [0.717, 1.165) is 25.9 Å². The van der Waals surface area contributed by atoms with Crippen molar-refractivity contribution in [3.05, 3.63) is 11.7 Å². The number of aromatic nitrogens is 2. The standard InChI is InChI=1S/C11H18N4O2/c1-9-13-10(17-14-9)7-12-8-11(16)15-5-3-2-4-6-15/h12H,2-8H2,1H3. The maximum absolute atomic E-state index is 11.8. The monoisotopic (exact) mass is 238 g/mol. The number of carbonyl (C=O) groups is 1. The van der Waals surface area contributed by atoms with Crippen LogP contribution in [0.25, 0.3) is 0 Å². The molecule has 17 heavy (non-hydrogen) atoms. The number of carbonyl (C=O) groups excluding carboxylic acids is 1. The fraction of sp³-hybridized carbons (Fsp3) is 0.727. The first-order valence-corrected chi connectivity index (χ1v) is 6.03. The second-order valence-electron chi connectivity index (χ2n) is 4.28. The smallest absolute Gasteiger partial charge is 0.240 e. The SMILES string of the molecule is Cc1noc(CNCC(=O)N2CCCCC2)n1. The molecule has 1 aliphatic heterocycles. The highest BCUT2D eigenvalue weighted by atomic mass is 16.5. The Morgan fingerprint density at radius 1 is 1.41 bits per heavy atom. The molecule has 0 radical (unpaired) electrons. The third-order valence-electron chi connectivity index (χ3n) is 2.83. The Morgan fingerprint density at radius 2 is 2.18 bits per heavy atom. The van der Waals surface area contributed by atoms with E-state index in [4.69, 9.17) is 4.52 Å². The summed E-state index contributed by atoms with van der Waals surface area (Å²) in [6.07, 6.45) is 3.47. The van der Waals surface area contributed by atoms with Gasteiger partial charge in [-0.25, -0.2) is 0 Å². The van der Waals surface area contributed by atoms with E-state index < -0.39 is 0 Å². The van der Waals surface area contributed by atoms with Crippen molar-refractivity contribution < 1.29 is 9.32 Å². The van der Waals surface area contributed by atoms with E-state index in [-0.39, 0.29) is 5.91 Å².